The lowest BCUT2D eigenvalue weighted by atomic mass is 10.2. The fraction of sp³-hybridized carbons (Fsp3) is 0.333. The summed E-state index contributed by atoms with van der Waals surface area (Å²) in [4.78, 5) is 7.17. The lowest BCUT2D eigenvalue weighted by Gasteiger charge is -2.10. The third kappa shape index (κ3) is 3.85. The molecule has 0 bridgehead atoms. The highest BCUT2D eigenvalue weighted by Crippen LogP contribution is 2.29. The van der Waals surface area contributed by atoms with E-state index in [0.717, 1.165) is 5.56 Å². The van der Waals surface area contributed by atoms with E-state index in [1.54, 1.807) is 0 Å². The van der Waals surface area contributed by atoms with Crippen LogP contribution >= 0.6 is 0 Å². The topological polar surface area (TPSA) is 77.8 Å². The van der Waals surface area contributed by atoms with Crippen LogP contribution < -0.4 is 5.32 Å². The van der Waals surface area contributed by atoms with Crippen molar-refractivity contribution in [1.29, 1.82) is 0 Å². The lowest BCUT2D eigenvalue weighted by Crippen LogP contribution is -2.16. The SMILES string of the molecule is COCCNc1nc(C(F)(F)F)nc2c1nnn2Cc1ccccc1. The van der Waals surface area contributed by atoms with Crippen LogP contribution in [0.15, 0.2) is 30.3 Å². The molecule has 2 aromatic heterocycles. The maximum atomic E-state index is 13.1. The molecule has 25 heavy (non-hydrogen) atoms. The number of anilines is 1. The molecule has 1 N–H and O–H groups in total. The van der Waals surface area contributed by atoms with Crippen LogP contribution in [0.25, 0.3) is 11.2 Å². The Labute approximate surface area is 140 Å². The van der Waals surface area contributed by atoms with Crippen molar-refractivity contribution < 1.29 is 17.9 Å². The quantitative estimate of drug-likeness (QED) is 0.686. The van der Waals surface area contributed by atoms with Gasteiger partial charge in [-0.25, -0.2) is 14.6 Å². The summed E-state index contributed by atoms with van der Waals surface area (Å²) in [6.07, 6.45) is -4.67. The van der Waals surface area contributed by atoms with Gasteiger partial charge in [-0.1, -0.05) is 35.5 Å². The van der Waals surface area contributed by atoms with E-state index in [2.05, 4.69) is 25.6 Å². The Morgan fingerprint density at radius 2 is 1.92 bits per heavy atom. The van der Waals surface area contributed by atoms with E-state index in [1.165, 1.54) is 11.8 Å². The Morgan fingerprint density at radius 1 is 1.16 bits per heavy atom. The Hall–Kier alpha value is -2.75. The maximum absolute atomic E-state index is 13.1. The number of halogens is 3. The number of benzene rings is 1. The fourth-order valence-corrected chi connectivity index (χ4v) is 2.24. The molecule has 7 nitrogen and oxygen atoms in total. The molecule has 3 aromatic rings. The Morgan fingerprint density at radius 3 is 2.60 bits per heavy atom. The minimum atomic E-state index is -4.67. The summed E-state index contributed by atoms with van der Waals surface area (Å²) >= 11 is 0. The molecule has 0 fully saturated rings. The highest BCUT2D eigenvalue weighted by atomic mass is 19.4. The minimum Gasteiger partial charge on any atom is -0.383 e. The number of ether oxygens (including phenoxy) is 1. The van der Waals surface area contributed by atoms with E-state index in [1.807, 2.05) is 30.3 Å². The third-order valence-electron chi connectivity index (χ3n) is 3.39. The molecule has 10 heteroatoms. The number of rotatable bonds is 6. The van der Waals surface area contributed by atoms with Gasteiger partial charge in [0.15, 0.2) is 17.0 Å². The van der Waals surface area contributed by atoms with Crippen LogP contribution in [0.4, 0.5) is 19.0 Å². The maximum Gasteiger partial charge on any atom is 0.451 e. The normalized spacial score (nSPS) is 11.8. The number of methoxy groups -OCH3 is 1. The zero-order valence-electron chi connectivity index (χ0n) is 13.3. The van der Waals surface area contributed by atoms with Crippen molar-refractivity contribution in [2.24, 2.45) is 0 Å². The van der Waals surface area contributed by atoms with Crippen LogP contribution in [0.5, 0.6) is 0 Å². The minimum absolute atomic E-state index is 0.0195. The smallest absolute Gasteiger partial charge is 0.383 e. The molecular formula is C15H15F3N6O. The lowest BCUT2D eigenvalue weighted by molar-refractivity contribution is -0.144. The summed E-state index contributed by atoms with van der Waals surface area (Å²) in [6, 6.07) is 9.21. The van der Waals surface area contributed by atoms with Gasteiger partial charge in [-0.2, -0.15) is 13.2 Å². The third-order valence-corrected chi connectivity index (χ3v) is 3.39. The summed E-state index contributed by atoms with van der Waals surface area (Å²) in [6.45, 7) is 0.847. The van der Waals surface area contributed by atoms with E-state index in [9.17, 15) is 13.2 Å². The summed E-state index contributed by atoms with van der Waals surface area (Å²) in [5.74, 6) is -1.26. The van der Waals surface area contributed by atoms with Gasteiger partial charge in [0.2, 0.25) is 5.82 Å². The van der Waals surface area contributed by atoms with Gasteiger partial charge < -0.3 is 10.1 Å². The first-order valence-corrected chi connectivity index (χ1v) is 7.44. The van der Waals surface area contributed by atoms with E-state index in [4.69, 9.17) is 4.74 Å². The summed E-state index contributed by atoms with van der Waals surface area (Å²) < 4.78 is 45.6. The van der Waals surface area contributed by atoms with Crippen LogP contribution in [-0.2, 0) is 17.5 Å². The van der Waals surface area contributed by atoms with Gasteiger partial charge in [-0.05, 0) is 5.56 Å². The second-order valence-electron chi connectivity index (χ2n) is 5.22. The van der Waals surface area contributed by atoms with Gasteiger partial charge in [0.25, 0.3) is 0 Å². The summed E-state index contributed by atoms with van der Waals surface area (Å²) in [5, 5.41) is 10.6. The number of hydrogen-bond donors (Lipinski definition) is 1. The second kappa shape index (κ2) is 7.01. The number of hydrogen-bond acceptors (Lipinski definition) is 6. The monoisotopic (exact) mass is 352 g/mol. The van der Waals surface area contributed by atoms with Crippen LogP contribution in [0.1, 0.15) is 11.4 Å². The van der Waals surface area contributed by atoms with Gasteiger partial charge in [0.05, 0.1) is 13.2 Å². The average Bonchev–Trinajstić information content (AvgIpc) is 2.98. The zero-order valence-corrected chi connectivity index (χ0v) is 13.3. The van der Waals surface area contributed by atoms with E-state index in [-0.39, 0.29) is 30.1 Å². The molecule has 2 heterocycles. The van der Waals surface area contributed by atoms with E-state index < -0.39 is 12.0 Å². The molecule has 0 radical (unpaired) electrons. The van der Waals surface area contributed by atoms with Crippen molar-refractivity contribution >= 4 is 17.0 Å². The first-order chi connectivity index (χ1) is 12.0. The number of alkyl halides is 3. The van der Waals surface area contributed by atoms with Crippen molar-refractivity contribution in [1.82, 2.24) is 25.0 Å². The molecule has 0 aliphatic rings. The highest BCUT2D eigenvalue weighted by molar-refractivity contribution is 5.82. The Bertz CT molecular complexity index is 850. The van der Waals surface area contributed by atoms with Crippen molar-refractivity contribution in [3.63, 3.8) is 0 Å². The van der Waals surface area contributed by atoms with Gasteiger partial charge >= 0.3 is 6.18 Å². The van der Waals surface area contributed by atoms with Gasteiger partial charge in [-0.3, -0.25) is 0 Å². The molecule has 0 atom stereocenters. The summed E-state index contributed by atoms with van der Waals surface area (Å²) in [5.41, 5.74) is 1.07. The van der Waals surface area contributed by atoms with Gasteiger partial charge in [-0.15, -0.1) is 5.10 Å². The molecule has 3 rings (SSSR count). The molecule has 0 spiro atoms. The predicted molar refractivity (Wildman–Crippen MR) is 84.0 cm³/mol. The molecule has 0 aliphatic heterocycles. The Balaban J connectivity index is 2.03. The zero-order chi connectivity index (χ0) is 17.9. The first kappa shape index (κ1) is 17.1. The molecule has 132 valence electrons. The second-order valence-corrected chi connectivity index (χ2v) is 5.22. The number of nitrogens with one attached hydrogen (secondary N) is 1. The molecule has 0 aliphatic carbocycles. The van der Waals surface area contributed by atoms with Gasteiger partial charge in [0.1, 0.15) is 0 Å². The largest absolute Gasteiger partial charge is 0.451 e. The first-order valence-electron chi connectivity index (χ1n) is 7.44. The van der Waals surface area contributed by atoms with Crippen molar-refractivity contribution in [3.8, 4) is 0 Å². The molecular weight excluding hydrogens is 337 g/mol. The van der Waals surface area contributed by atoms with Crippen molar-refractivity contribution in [2.75, 3.05) is 25.6 Å². The highest BCUT2D eigenvalue weighted by Gasteiger charge is 2.36. The molecule has 0 amide bonds. The van der Waals surface area contributed by atoms with E-state index in [0.29, 0.717) is 6.61 Å². The van der Waals surface area contributed by atoms with Crippen LogP contribution in [0, 0.1) is 0 Å². The summed E-state index contributed by atoms with van der Waals surface area (Å²) in [7, 11) is 1.49. The number of aromatic nitrogens is 5. The van der Waals surface area contributed by atoms with Crippen LogP contribution in [-0.4, -0.2) is 45.2 Å². The molecule has 0 saturated carbocycles. The number of nitrogens with zero attached hydrogens (tertiary/aromatic N) is 5. The van der Waals surface area contributed by atoms with Crippen molar-refractivity contribution in [3.05, 3.63) is 41.7 Å². The van der Waals surface area contributed by atoms with Crippen molar-refractivity contribution in [2.45, 2.75) is 12.7 Å². The van der Waals surface area contributed by atoms with E-state index >= 15 is 0 Å². The average molecular weight is 352 g/mol. The standard InChI is InChI=1S/C15H15F3N6O/c1-25-8-7-19-12-11-13(21-14(20-12)15(16,17)18)24(23-22-11)9-10-5-3-2-4-6-10/h2-6H,7-9H2,1H3,(H,19,20,21). The predicted octanol–water partition coefficient (Wildman–Crippen LogP) is 2.35. The van der Waals surface area contributed by atoms with Crippen LogP contribution in [0.3, 0.4) is 0 Å². The molecule has 0 saturated heterocycles. The fourth-order valence-electron chi connectivity index (χ4n) is 2.24. The Kier molecular flexibility index (Phi) is 4.79. The van der Waals surface area contributed by atoms with Crippen LogP contribution in [0.2, 0.25) is 0 Å². The molecule has 1 aromatic carbocycles. The van der Waals surface area contributed by atoms with Gasteiger partial charge in [0, 0.05) is 13.7 Å². The number of fused-ring (bicyclic) bond motifs is 1. The molecule has 0 unspecified atom stereocenters.